The summed E-state index contributed by atoms with van der Waals surface area (Å²) < 4.78 is 39.0. The van der Waals surface area contributed by atoms with Gasteiger partial charge < -0.3 is 20.4 Å². The fourth-order valence-corrected chi connectivity index (χ4v) is 3.74. The molecule has 0 bridgehead atoms. The summed E-state index contributed by atoms with van der Waals surface area (Å²) in [7, 11) is 5.90. The quantitative estimate of drug-likeness (QED) is 0.323. The van der Waals surface area contributed by atoms with Crippen LogP contribution in [0.1, 0.15) is 27.0 Å². The average Bonchev–Trinajstić information content (AvgIpc) is 2.91. The van der Waals surface area contributed by atoms with Crippen LogP contribution < -0.4 is 15.5 Å². The van der Waals surface area contributed by atoms with E-state index in [1.54, 1.807) is 24.4 Å². The number of halogens is 3. The Kier molecular flexibility index (Phi) is 8.24. The summed E-state index contributed by atoms with van der Waals surface area (Å²) in [5.74, 6) is 0.561. The third kappa shape index (κ3) is 6.96. The van der Waals surface area contributed by atoms with Crippen molar-refractivity contribution in [2.45, 2.75) is 19.6 Å². The van der Waals surface area contributed by atoms with E-state index in [9.17, 15) is 18.0 Å². The lowest BCUT2D eigenvalue weighted by Crippen LogP contribution is -2.29. The Morgan fingerprint density at radius 1 is 1.00 bits per heavy atom. The second-order valence-corrected chi connectivity index (χ2v) is 9.39. The minimum absolute atomic E-state index is 0.0447. The highest BCUT2D eigenvalue weighted by atomic mass is 19.4. The molecule has 0 aliphatic rings. The summed E-state index contributed by atoms with van der Waals surface area (Å²) in [6.45, 7) is 3.39. The number of carbonyl (C=O) groups excluding carboxylic acids is 1. The lowest BCUT2D eigenvalue weighted by molar-refractivity contribution is -0.137. The fraction of sp³-hybridized carbons (Fsp3) is 0.296. The Bertz CT molecular complexity index is 1480. The minimum Gasteiger partial charge on any atom is -0.348 e. The molecule has 2 heterocycles. The van der Waals surface area contributed by atoms with Gasteiger partial charge in [0, 0.05) is 37.9 Å². The Balaban J connectivity index is 1.53. The van der Waals surface area contributed by atoms with Gasteiger partial charge in [0.25, 0.3) is 5.91 Å². The lowest BCUT2D eigenvalue weighted by atomic mass is 10.1. The molecule has 4 rings (SSSR count). The molecule has 0 unspecified atom stereocenters. The number of nitrogens with one attached hydrogen (secondary N) is 2. The molecule has 0 radical (unpaired) electrons. The summed E-state index contributed by atoms with van der Waals surface area (Å²) in [6.07, 6.45) is -1.40. The highest BCUT2D eigenvalue weighted by molar-refractivity contribution is 5.96. The number of aromatic nitrogens is 4. The molecule has 0 spiro atoms. The second kappa shape index (κ2) is 11.6. The van der Waals surface area contributed by atoms with Crippen molar-refractivity contribution >= 4 is 34.4 Å². The SMILES string of the molecule is Cc1ccc(C(=O)NCc2cccc(C(F)(F)F)c2)cc1Nc1ncnc2cnc(N(C)CCN(C)C)nc12. The van der Waals surface area contributed by atoms with Gasteiger partial charge in [0.15, 0.2) is 5.82 Å². The smallest absolute Gasteiger partial charge is 0.348 e. The summed E-state index contributed by atoms with van der Waals surface area (Å²) >= 11 is 0. The fourth-order valence-electron chi connectivity index (χ4n) is 3.74. The molecule has 0 aliphatic heterocycles. The van der Waals surface area contributed by atoms with E-state index in [2.05, 4.69) is 35.5 Å². The number of nitrogens with zero attached hydrogens (tertiary/aromatic N) is 6. The van der Waals surface area contributed by atoms with Crippen LogP contribution in [0.25, 0.3) is 11.0 Å². The minimum atomic E-state index is -4.45. The Morgan fingerprint density at radius 2 is 1.79 bits per heavy atom. The Hall–Kier alpha value is -4.32. The van der Waals surface area contributed by atoms with E-state index in [0.717, 1.165) is 30.8 Å². The van der Waals surface area contributed by atoms with Gasteiger partial charge in [0.05, 0.1) is 11.8 Å². The van der Waals surface area contributed by atoms with Crippen LogP contribution >= 0.6 is 0 Å². The van der Waals surface area contributed by atoms with Crippen LogP contribution in [-0.4, -0.2) is 65.0 Å². The highest BCUT2D eigenvalue weighted by Crippen LogP contribution is 2.30. The number of hydrogen-bond acceptors (Lipinski definition) is 8. The predicted octanol–water partition coefficient (Wildman–Crippen LogP) is 4.42. The number of hydrogen-bond donors (Lipinski definition) is 2. The van der Waals surface area contributed by atoms with E-state index in [1.807, 2.05) is 33.0 Å². The first-order valence-corrected chi connectivity index (χ1v) is 12.2. The summed E-state index contributed by atoms with van der Waals surface area (Å²) in [4.78, 5) is 34.6. The molecule has 2 aromatic heterocycles. The molecular formula is C27H29F3N8O. The van der Waals surface area contributed by atoms with Crippen LogP contribution in [-0.2, 0) is 12.7 Å². The van der Waals surface area contributed by atoms with Gasteiger partial charge in [-0.1, -0.05) is 18.2 Å². The molecule has 204 valence electrons. The van der Waals surface area contributed by atoms with E-state index >= 15 is 0 Å². The maximum absolute atomic E-state index is 13.0. The highest BCUT2D eigenvalue weighted by Gasteiger charge is 2.30. The Morgan fingerprint density at radius 3 is 2.54 bits per heavy atom. The number of benzene rings is 2. The third-order valence-corrected chi connectivity index (χ3v) is 6.05. The maximum Gasteiger partial charge on any atom is 0.416 e. The number of carbonyl (C=O) groups is 1. The van der Waals surface area contributed by atoms with E-state index in [1.165, 1.54) is 18.5 Å². The molecule has 1 amide bonds. The molecular weight excluding hydrogens is 509 g/mol. The first kappa shape index (κ1) is 27.7. The van der Waals surface area contributed by atoms with Gasteiger partial charge in [0.2, 0.25) is 5.95 Å². The molecule has 2 aromatic carbocycles. The van der Waals surface area contributed by atoms with Gasteiger partial charge in [-0.3, -0.25) is 4.79 Å². The van der Waals surface area contributed by atoms with Crippen LogP contribution in [0.15, 0.2) is 55.0 Å². The molecule has 0 aliphatic carbocycles. The standard InChI is InChI=1S/C27H29F3N8O/c1-17-8-9-19(25(39)31-14-18-6-5-7-20(12-18)27(28,29)30)13-21(17)35-24-23-22(33-16-34-24)15-32-26(36-23)38(4)11-10-37(2)3/h5-9,12-13,15-16H,10-11,14H2,1-4H3,(H,31,39)(H,33,34,35). The van der Waals surface area contributed by atoms with Crippen molar-refractivity contribution < 1.29 is 18.0 Å². The number of amides is 1. The van der Waals surface area contributed by atoms with E-state index in [0.29, 0.717) is 39.6 Å². The van der Waals surface area contributed by atoms with Crippen molar-refractivity contribution in [2.75, 3.05) is 44.4 Å². The average molecular weight is 539 g/mol. The predicted molar refractivity (Wildman–Crippen MR) is 144 cm³/mol. The van der Waals surface area contributed by atoms with Gasteiger partial charge in [-0.2, -0.15) is 13.2 Å². The normalized spacial score (nSPS) is 11.6. The molecule has 0 saturated heterocycles. The number of anilines is 3. The van der Waals surface area contributed by atoms with Crippen molar-refractivity contribution in [1.82, 2.24) is 30.2 Å². The zero-order chi connectivity index (χ0) is 28.2. The summed E-state index contributed by atoms with van der Waals surface area (Å²) in [5, 5.41) is 5.94. The van der Waals surface area contributed by atoms with Gasteiger partial charge >= 0.3 is 6.18 Å². The van der Waals surface area contributed by atoms with Crippen LogP contribution in [0.2, 0.25) is 0 Å². The summed E-state index contributed by atoms with van der Waals surface area (Å²) in [5.41, 5.74) is 2.50. The van der Waals surface area contributed by atoms with Crippen molar-refractivity contribution in [3.8, 4) is 0 Å². The maximum atomic E-state index is 13.0. The van der Waals surface area contributed by atoms with Crippen LogP contribution in [0, 0.1) is 6.92 Å². The third-order valence-electron chi connectivity index (χ3n) is 6.05. The zero-order valence-corrected chi connectivity index (χ0v) is 22.0. The molecule has 0 atom stereocenters. The van der Waals surface area contributed by atoms with Crippen molar-refractivity contribution in [3.63, 3.8) is 0 Å². The van der Waals surface area contributed by atoms with Gasteiger partial charge in [-0.05, 0) is 56.4 Å². The first-order chi connectivity index (χ1) is 18.5. The monoisotopic (exact) mass is 538 g/mol. The molecule has 12 heteroatoms. The number of fused-ring (bicyclic) bond motifs is 1. The largest absolute Gasteiger partial charge is 0.416 e. The van der Waals surface area contributed by atoms with Crippen molar-refractivity contribution in [1.29, 1.82) is 0 Å². The van der Waals surface area contributed by atoms with Crippen LogP contribution in [0.3, 0.4) is 0 Å². The van der Waals surface area contributed by atoms with E-state index in [4.69, 9.17) is 0 Å². The first-order valence-electron chi connectivity index (χ1n) is 12.2. The molecule has 2 N–H and O–H groups in total. The van der Waals surface area contributed by atoms with E-state index < -0.39 is 17.6 Å². The lowest BCUT2D eigenvalue weighted by Gasteiger charge is -2.20. The van der Waals surface area contributed by atoms with Gasteiger partial charge in [-0.15, -0.1) is 0 Å². The molecule has 0 saturated carbocycles. The van der Waals surface area contributed by atoms with E-state index in [-0.39, 0.29) is 6.54 Å². The number of aryl methyl sites for hydroxylation is 1. The topological polar surface area (TPSA) is 99.2 Å². The summed E-state index contributed by atoms with van der Waals surface area (Å²) in [6, 6.07) is 9.97. The van der Waals surface area contributed by atoms with Gasteiger partial charge in [0.1, 0.15) is 17.4 Å². The number of rotatable bonds is 9. The number of likely N-dealkylation sites (N-methyl/N-ethyl adjacent to an activating group) is 2. The molecule has 4 aromatic rings. The molecule has 0 fully saturated rings. The van der Waals surface area contributed by atoms with Crippen molar-refractivity contribution in [3.05, 3.63) is 77.2 Å². The van der Waals surface area contributed by atoms with Crippen LogP contribution in [0.5, 0.6) is 0 Å². The molecule has 39 heavy (non-hydrogen) atoms. The van der Waals surface area contributed by atoms with Crippen molar-refractivity contribution in [2.24, 2.45) is 0 Å². The zero-order valence-electron chi connectivity index (χ0n) is 22.0. The Labute approximate surface area is 224 Å². The number of alkyl halides is 3. The van der Waals surface area contributed by atoms with Gasteiger partial charge in [-0.25, -0.2) is 19.9 Å². The van der Waals surface area contributed by atoms with Crippen LogP contribution in [0.4, 0.5) is 30.6 Å². The molecule has 9 nitrogen and oxygen atoms in total. The second-order valence-electron chi connectivity index (χ2n) is 9.39.